The van der Waals surface area contributed by atoms with Crippen molar-refractivity contribution >= 4 is 47.3 Å². The number of hydrogen-bond acceptors (Lipinski definition) is 4. The van der Waals surface area contributed by atoms with Crippen molar-refractivity contribution in [3.63, 3.8) is 0 Å². The Morgan fingerprint density at radius 2 is 1.21 bits per heavy atom. The smallest absolute Gasteiger partial charge is 0.268 e. The fourth-order valence-electron chi connectivity index (χ4n) is 3.35. The molecule has 168 valence electrons. The van der Waals surface area contributed by atoms with Crippen molar-refractivity contribution in [2.75, 3.05) is 13.1 Å². The molecule has 1 aliphatic heterocycles. The topological polar surface area (TPSA) is 40.6 Å². The van der Waals surface area contributed by atoms with E-state index in [0.717, 1.165) is 16.0 Å². The largest absolute Gasteiger partial charge is 0.271 e. The van der Waals surface area contributed by atoms with Crippen LogP contribution in [0, 0.1) is 0 Å². The van der Waals surface area contributed by atoms with Crippen molar-refractivity contribution in [2.45, 2.75) is 17.7 Å². The van der Waals surface area contributed by atoms with Crippen molar-refractivity contribution in [3.05, 3.63) is 112 Å². The number of carbonyl (C=O) groups excluding carboxylic acids is 2. The first-order chi connectivity index (χ1) is 16.1. The molecule has 1 heterocycles. The Morgan fingerprint density at radius 3 is 1.73 bits per heavy atom. The lowest BCUT2D eigenvalue weighted by Crippen LogP contribution is -2.45. The highest BCUT2D eigenvalue weighted by Gasteiger charge is 2.36. The molecule has 4 nitrogen and oxygen atoms in total. The Balaban J connectivity index is 1.53. The maximum Gasteiger partial charge on any atom is 0.271 e. The van der Waals surface area contributed by atoms with Crippen LogP contribution in [0.2, 0.25) is 5.02 Å². The van der Waals surface area contributed by atoms with Gasteiger partial charge in [0.1, 0.15) is 5.57 Å². The third kappa shape index (κ3) is 6.22. The highest BCUT2D eigenvalue weighted by molar-refractivity contribution is 8.02. The first kappa shape index (κ1) is 23.5. The minimum Gasteiger partial charge on any atom is -0.268 e. The zero-order valence-electron chi connectivity index (χ0n) is 17.9. The van der Waals surface area contributed by atoms with Crippen LogP contribution in [0.5, 0.6) is 0 Å². The van der Waals surface area contributed by atoms with Gasteiger partial charge in [-0.1, -0.05) is 96.2 Å². The lowest BCUT2D eigenvalue weighted by atomic mass is 10.1. The van der Waals surface area contributed by atoms with Gasteiger partial charge in [-0.25, -0.2) is 0 Å². The van der Waals surface area contributed by atoms with Gasteiger partial charge in [0.25, 0.3) is 11.8 Å². The average Bonchev–Trinajstić information content (AvgIpc) is 2.85. The van der Waals surface area contributed by atoms with Crippen LogP contribution in [0.25, 0.3) is 0 Å². The Labute approximate surface area is 207 Å². The normalized spacial score (nSPS) is 14.0. The van der Waals surface area contributed by atoms with Gasteiger partial charge in [0.05, 0.1) is 17.2 Å². The van der Waals surface area contributed by atoms with E-state index in [-0.39, 0.29) is 17.4 Å². The fraction of sp³-hybridized carbons (Fsp3) is 0.154. The highest BCUT2D eigenvalue weighted by Crippen LogP contribution is 2.33. The number of thioether (sulfide) groups is 1. The number of halogens is 1. The Kier molecular flexibility index (Phi) is 8.15. The lowest BCUT2D eigenvalue weighted by Gasteiger charge is -2.34. The summed E-state index contributed by atoms with van der Waals surface area (Å²) in [5.74, 6) is -0.534. The Hall–Kier alpha value is -2.67. The zero-order chi connectivity index (χ0) is 23.0. The lowest BCUT2D eigenvalue weighted by molar-refractivity contribution is -0.130. The van der Waals surface area contributed by atoms with E-state index in [4.69, 9.17) is 11.6 Å². The molecule has 0 atom stereocenters. The van der Waals surface area contributed by atoms with Gasteiger partial charge < -0.3 is 0 Å². The standard InChI is InChI=1S/C26H23ClN2O2S2/c27-23-13-7-8-14-24(23)32-19-22-25(30)28(17-15-20-9-3-1-4-10-20)33-29(26(22)31)18-16-21-11-5-2-6-12-21/h1-14,19H,15-18H2. The number of benzene rings is 3. The first-order valence-electron chi connectivity index (χ1n) is 10.6. The summed E-state index contributed by atoms with van der Waals surface area (Å²) < 4.78 is 3.36. The van der Waals surface area contributed by atoms with Gasteiger partial charge in [-0.15, -0.1) is 0 Å². The quantitative estimate of drug-likeness (QED) is 0.166. The van der Waals surface area contributed by atoms with Crippen molar-refractivity contribution in [1.29, 1.82) is 0 Å². The van der Waals surface area contributed by atoms with E-state index in [1.807, 2.05) is 78.9 Å². The van der Waals surface area contributed by atoms with Crippen molar-refractivity contribution in [3.8, 4) is 0 Å². The van der Waals surface area contributed by atoms with Crippen molar-refractivity contribution in [1.82, 2.24) is 8.61 Å². The molecule has 0 spiro atoms. The van der Waals surface area contributed by atoms with Crippen LogP contribution in [0.15, 0.2) is 101 Å². The summed E-state index contributed by atoms with van der Waals surface area (Å²) in [5, 5.41) is 2.22. The molecule has 7 heteroatoms. The molecule has 0 radical (unpaired) electrons. The van der Waals surface area contributed by atoms with Crippen LogP contribution in [0.3, 0.4) is 0 Å². The maximum absolute atomic E-state index is 13.2. The highest BCUT2D eigenvalue weighted by atomic mass is 35.5. The number of nitrogens with zero attached hydrogens (tertiary/aromatic N) is 2. The summed E-state index contributed by atoms with van der Waals surface area (Å²) in [5.41, 5.74) is 2.46. The molecule has 0 aromatic heterocycles. The molecule has 33 heavy (non-hydrogen) atoms. The summed E-state index contributed by atoms with van der Waals surface area (Å²) in [6.07, 6.45) is 1.43. The molecule has 1 fully saturated rings. The van der Waals surface area contributed by atoms with Gasteiger partial charge in [-0.2, -0.15) is 0 Å². The van der Waals surface area contributed by atoms with Gasteiger partial charge in [0.15, 0.2) is 0 Å². The SMILES string of the molecule is O=C1C(=CSc2ccccc2Cl)C(=O)N(CCc2ccccc2)SN1CCc1ccccc1. The molecule has 0 aliphatic carbocycles. The van der Waals surface area contributed by atoms with E-state index in [9.17, 15) is 9.59 Å². The number of carbonyl (C=O) groups is 2. The van der Waals surface area contributed by atoms with Crippen LogP contribution < -0.4 is 0 Å². The summed E-state index contributed by atoms with van der Waals surface area (Å²) in [4.78, 5) is 27.3. The summed E-state index contributed by atoms with van der Waals surface area (Å²) >= 11 is 8.76. The van der Waals surface area contributed by atoms with Gasteiger partial charge in [0, 0.05) is 18.0 Å². The van der Waals surface area contributed by atoms with Gasteiger partial charge in [-0.3, -0.25) is 18.2 Å². The van der Waals surface area contributed by atoms with Gasteiger partial charge in [-0.05, 0) is 41.5 Å². The maximum atomic E-state index is 13.2. The van der Waals surface area contributed by atoms with Gasteiger partial charge in [0.2, 0.25) is 0 Å². The van der Waals surface area contributed by atoms with Crippen LogP contribution in [-0.2, 0) is 22.4 Å². The van der Waals surface area contributed by atoms with E-state index in [0.29, 0.717) is 31.0 Å². The minimum absolute atomic E-state index is 0.166. The molecule has 0 saturated carbocycles. The Bertz CT molecular complexity index is 1080. The third-order valence-corrected chi connectivity index (χ3v) is 7.64. The summed E-state index contributed by atoms with van der Waals surface area (Å²) in [6, 6.07) is 27.5. The average molecular weight is 495 g/mol. The zero-order valence-corrected chi connectivity index (χ0v) is 20.3. The first-order valence-corrected chi connectivity index (χ1v) is 12.6. The second-order valence-corrected chi connectivity index (χ2v) is 9.81. The second-order valence-electron chi connectivity index (χ2n) is 7.45. The Morgan fingerprint density at radius 1 is 0.727 bits per heavy atom. The molecule has 1 aliphatic rings. The molecular formula is C26H23ClN2O2S2. The molecule has 1 saturated heterocycles. The van der Waals surface area contributed by atoms with Crippen molar-refractivity contribution in [2.24, 2.45) is 0 Å². The molecule has 0 unspecified atom stereocenters. The third-order valence-electron chi connectivity index (χ3n) is 5.14. The summed E-state index contributed by atoms with van der Waals surface area (Å²) in [6.45, 7) is 1.02. The fourth-order valence-corrected chi connectivity index (χ4v) is 5.33. The molecule has 2 amide bonds. The van der Waals surface area contributed by atoms with Gasteiger partial charge >= 0.3 is 0 Å². The second kappa shape index (κ2) is 11.5. The molecule has 3 aromatic carbocycles. The predicted molar refractivity (Wildman–Crippen MR) is 137 cm³/mol. The van der Waals surface area contributed by atoms with Crippen LogP contribution in [0.4, 0.5) is 0 Å². The monoisotopic (exact) mass is 494 g/mol. The van der Waals surface area contributed by atoms with E-state index in [2.05, 4.69) is 0 Å². The van der Waals surface area contributed by atoms with Crippen LogP contribution in [-0.4, -0.2) is 33.5 Å². The molecule has 0 bridgehead atoms. The van der Waals surface area contributed by atoms with E-state index in [1.165, 1.54) is 23.9 Å². The molecule has 4 rings (SSSR count). The van der Waals surface area contributed by atoms with Crippen LogP contribution >= 0.6 is 35.5 Å². The molecule has 0 N–H and O–H groups in total. The van der Waals surface area contributed by atoms with E-state index in [1.54, 1.807) is 20.1 Å². The van der Waals surface area contributed by atoms with Crippen molar-refractivity contribution < 1.29 is 9.59 Å². The molecule has 3 aromatic rings. The minimum atomic E-state index is -0.267. The van der Waals surface area contributed by atoms with E-state index >= 15 is 0 Å². The summed E-state index contributed by atoms with van der Waals surface area (Å²) in [7, 11) is 0. The number of amides is 2. The molecular weight excluding hydrogens is 472 g/mol. The van der Waals surface area contributed by atoms with Crippen LogP contribution in [0.1, 0.15) is 11.1 Å². The van der Waals surface area contributed by atoms with E-state index < -0.39 is 0 Å². The number of rotatable bonds is 8. The number of hydrogen-bond donors (Lipinski definition) is 0. The predicted octanol–water partition coefficient (Wildman–Crippen LogP) is 6.04.